The SMILES string of the molecule is COc1ccc2c(c1)CC(C)N(CCc1ccccc1C)CC2.Cl. The normalized spacial score (nSPS) is 17.5. The molecule has 2 aromatic rings. The van der Waals surface area contributed by atoms with Gasteiger partial charge < -0.3 is 4.74 Å². The van der Waals surface area contributed by atoms with Gasteiger partial charge in [0.2, 0.25) is 0 Å². The van der Waals surface area contributed by atoms with Gasteiger partial charge in [-0.3, -0.25) is 4.90 Å². The van der Waals surface area contributed by atoms with Gasteiger partial charge >= 0.3 is 0 Å². The zero-order valence-corrected chi connectivity index (χ0v) is 15.7. The predicted octanol–water partition coefficient (Wildman–Crippen LogP) is 4.46. The lowest BCUT2D eigenvalue weighted by molar-refractivity contribution is 0.219. The van der Waals surface area contributed by atoms with E-state index in [0.717, 1.165) is 38.1 Å². The van der Waals surface area contributed by atoms with E-state index >= 15 is 0 Å². The van der Waals surface area contributed by atoms with Crippen molar-refractivity contribution in [3.63, 3.8) is 0 Å². The van der Waals surface area contributed by atoms with Crippen LogP contribution in [-0.2, 0) is 19.3 Å². The van der Waals surface area contributed by atoms with Gasteiger partial charge in [0.25, 0.3) is 0 Å². The van der Waals surface area contributed by atoms with E-state index in [4.69, 9.17) is 4.74 Å². The molecule has 0 saturated heterocycles. The number of hydrogen-bond donors (Lipinski definition) is 0. The van der Waals surface area contributed by atoms with Crippen LogP contribution in [0.3, 0.4) is 0 Å². The van der Waals surface area contributed by atoms with Crippen LogP contribution < -0.4 is 4.74 Å². The Bertz CT molecular complexity index is 671. The second-order valence-electron chi connectivity index (χ2n) is 6.65. The van der Waals surface area contributed by atoms with E-state index in [1.54, 1.807) is 7.11 Å². The molecule has 24 heavy (non-hydrogen) atoms. The highest BCUT2D eigenvalue weighted by Gasteiger charge is 2.20. The lowest BCUT2D eigenvalue weighted by atomic mass is 10.0. The van der Waals surface area contributed by atoms with Crippen molar-refractivity contribution < 1.29 is 4.74 Å². The van der Waals surface area contributed by atoms with Gasteiger partial charge in [0.1, 0.15) is 5.75 Å². The van der Waals surface area contributed by atoms with Gasteiger partial charge in [-0.05, 0) is 67.5 Å². The van der Waals surface area contributed by atoms with Crippen LogP contribution in [0.15, 0.2) is 42.5 Å². The minimum absolute atomic E-state index is 0. The van der Waals surface area contributed by atoms with Crippen molar-refractivity contribution in [3.05, 3.63) is 64.7 Å². The summed E-state index contributed by atoms with van der Waals surface area (Å²) in [5.41, 5.74) is 5.82. The van der Waals surface area contributed by atoms with Crippen LogP contribution in [0.25, 0.3) is 0 Å². The molecule has 1 aliphatic heterocycles. The van der Waals surface area contributed by atoms with Crippen LogP contribution in [0.2, 0.25) is 0 Å². The van der Waals surface area contributed by atoms with Crippen LogP contribution in [0.1, 0.15) is 29.2 Å². The first kappa shape index (κ1) is 18.8. The van der Waals surface area contributed by atoms with E-state index in [1.165, 1.54) is 22.3 Å². The van der Waals surface area contributed by atoms with Crippen LogP contribution in [0, 0.1) is 6.92 Å². The molecule has 1 atom stereocenters. The summed E-state index contributed by atoms with van der Waals surface area (Å²) < 4.78 is 5.39. The Hall–Kier alpha value is -1.51. The van der Waals surface area contributed by atoms with Gasteiger partial charge in [-0.2, -0.15) is 0 Å². The van der Waals surface area contributed by atoms with Crippen molar-refractivity contribution in [2.45, 2.75) is 39.2 Å². The molecule has 1 heterocycles. The van der Waals surface area contributed by atoms with Crippen LogP contribution in [0.5, 0.6) is 5.75 Å². The molecule has 0 radical (unpaired) electrons. The number of aryl methyl sites for hydroxylation is 1. The molecule has 130 valence electrons. The van der Waals surface area contributed by atoms with Gasteiger partial charge in [-0.1, -0.05) is 30.3 Å². The average Bonchev–Trinajstić information content (AvgIpc) is 2.72. The van der Waals surface area contributed by atoms with Gasteiger partial charge in [0.15, 0.2) is 0 Å². The average molecular weight is 346 g/mol. The van der Waals surface area contributed by atoms with Crippen molar-refractivity contribution in [1.82, 2.24) is 4.90 Å². The minimum Gasteiger partial charge on any atom is -0.497 e. The topological polar surface area (TPSA) is 12.5 Å². The Morgan fingerprint density at radius 2 is 1.92 bits per heavy atom. The van der Waals surface area contributed by atoms with Crippen molar-refractivity contribution in [2.75, 3.05) is 20.2 Å². The monoisotopic (exact) mass is 345 g/mol. The number of ether oxygens (including phenoxy) is 1. The zero-order valence-electron chi connectivity index (χ0n) is 14.9. The molecule has 1 unspecified atom stereocenters. The molecule has 3 heteroatoms. The second kappa shape index (κ2) is 8.55. The highest BCUT2D eigenvalue weighted by Crippen LogP contribution is 2.24. The summed E-state index contributed by atoms with van der Waals surface area (Å²) >= 11 is 0. The first-order chi connectivity index (χ1) is 11.2. The minimum atomic E-state index is 0. The molecule has 0 fully saturated rings. The van der Waals surface area contributed by atoms with E-state index in [1.807, 2.05) is 0 Å². The van der Waals surface area contributed by atoms with E-state index in [-0.39, 0.29) is 12.4 Å². The number of rotatable bonds is 4. The Morgan fingerprint density at radius 1 is 1.12 bits per heavy atom. The Kier molecular flexibility index (Phi) is 6.70. The molecule has 0 spiro atoms. The first-order valence-corrected chi connectivity index (χ1v) is 8.61. The fraction of sp³-hybridized carbons (Fsp3) is 0.429. The summed E-state index contributed by atoms with van der Waals surface area (Å²) in [6.07, 6.45) is 3.38. The smallest absolute Gasteiger partial charge is 0.119 e. The number of hydrogen-bond acceptors (Lipinski definition) is 2. The molecule has 1 aliphatic rings. The highest BCUT2D eigenvalue weighted by molar-refractivity contribution is 5.85. The number of halogens is 1. The van der Waals surface area contributed by atoms with Gasteiger partial charge in [-0.15, -0.1) is 12.4 Å². The Labute approximate surface area is 152 Å². The van der Waals surface area contributed by atoms with Gasteiger partial charge in [-0.25, -0.2) is 0 Å². The standard InChI is InChI=1S/C21H27NO.ClH/c1-16-6-4-5-7-18(16)10-12-22-13-11-19-8-9-21(23-3)15-20(19)14-17(22)2;/h4-9,15,17H,10-14H2,1-3H3;1H. The van der Waals surface area contributed by atoms with Gasteiger partial charge in [0, 0.05) is 19.1 Å². The van der Waals surface area contributed by atoms with E-state index < -0.39 is 0 Å². The molecule has 0 saturated carbocycles. The Balaban J connectivity index is 0.00000208. The first-order valence-electron chi connectivity index (χ1n) is 8.61. The molecule has 0 amide bonds. The van der Waals surface area contributed by atoms with Crippen molar-refractivity contribution in [1.29, 1.82) is 0 Å². The third-order valence-electron chi connectivity index (χ3n) is 5.15. The number of methoxy groups -OCH3 is 1. The zero-order chi connectivity index (χ0) is 16.2. The molecule has 0 aliphatic carbocycles. The lowest BCUT2D eigenvalue weighted by Gasteiger charge is -2.27. The summed E-state index contributed by atoms with van der Waals surface area (Å²) in [5.74, 6) is 0.976. The molecule has 2 nitrogen and oxygen atoms in total. The summed E-state index contributed by atoms with van der Waals surface area (Å²) in [5, 5.41) is 0. The van der Waals surface area contributed by atoms with E-state index in [9.17, 15) is 0 Å². The van der Waals surface area contributed by atoms with Crippen LogP contribution in [-0.4, -0.2) is 31.1 Å². The molecule has 0 aromatic heterocycles. The predicted molar refractivity (Wildman–Crippen MR) is 104 cm³/mol. The molecule has 2 aromatic carbocycles. The number of benzene rings is 2. The van der Waals surface area contributed by atoms with E-state index in [2.05, 4.69) is 61.2 Å². The fourth-order valence-corrected chi connectivity index (χ4v) is 3.58. The van der Waals surface area contributed by atoms with Gasteiger partial charge in [0.05, 0.1) is 7.11 Å². The van der Waals surface area contributed by atoms with Crippen molar-refractivity contribution in [3.8, 4) is 5.75 Å². The number of fused-ring (bicyclic) bond motifs is 1. The molecule has 0 N–H and O–H groups in total. The van der Waals surface area contributed by atoms with Crippen molar-refractivity contribution in [2.24, 2.45) is 0 Å². The molecule has 0 bridgehead atoms. The summed E-state index contributed by atoms with van der Waals surface area (Å²) in [4.78, 5) is 2.64. The second-order valence-corrected chi connectivity index (χ2v) is 6.65. The molecule has 3 rings (SSSR count). The third-order valence-corrected chi connectivity index (χ3v) is 5.15. The summed E-state index contributed by atoms with van der Waals surface area (Å²) in [6, 6.07) is 15.9. The van der Waals surface area contributed by atoms with Crippen LogP contribution >= 0.6 is 12.4 Å². The third kappa shape index (κ3) is 4.31. The maximum absolute atomic E-state index is 5.39. The quantitative estimate of drug-likeness (QED) is 0.811. The number of nitrogens with zero attached hydrogens (tertiary/aromatic N) is 1. The maximum atomic E-state index is 5.39. The lowest BCUT2D eigenvalue weighted by Crippen LogP contribution is -2.36. The molecular weight excluding hydrogens is 318 g/mol. The largest absolute Gasteiger partial charge is 0.497 e. The molecular formula is C21H28ClNO. The van der Waals surface area contributed by atoms with E-state index in [0.29, 0.717) is 6.04 Å². The fourth-order valence-electron chi connectivity index (χ4n) is 3.58. The van der Waals surface area contributed by atoms with Crippen LogP contribution in [0.4, 0.5) is 0 Å². The highest BCUT2D eigenvalue weighted by atomic mass is 35.5. The Morgan fingerprint density at radius 3 is 2.67 bits per heavy atom. The van der Waals surface area contributed by atoms with Crippen molar-refractivity contribution >= 4 is 12.4 Å². The summed E-state index contributed by atoms with van der Waals surface area (Å²) in [7, 11) is 1.75. The summed E-state index contributed by atoms with van der Waals surface area (Å²) in [6.45, 7) is 6.85. The maximum Gasteiger partial charge on any atom is 0.119 e.